The van der Waals surface area contributed by atoms with Crippen LogP contribution in [0, 0.1) is 0 Å². The zero-order valence-corrected chi connectivity index (χ0v) is 11.7. The zero-order valence-electron chi connectivity index (χ0n) is 11.7. The smallest absolute Gasteiger partial charge is 0.354 e. The Morgan fingerprint density at radius 3 is 2.52 bits per heavy atom. The lowest BCUT2D eigenvalue weighted by Crippen LogP contribution is -2.13. The highest BCUT2D eigenvalue weighted by Gasteiger charge is 2.10. The Morgan fingerprint density at radius 2 is 1.90 bits per heavy atom. The fraction of sp³-hybridized carbons (Fsp3) is 0.188. The minimum Gasteiger partial charge on any atom is -0.477 e. The number of nitrogens with one attached hydrogen (secondary N) is 1. The van der Waals surface area contributed by atoms with Gasteiger partial charge in [0.25, 0.3) is 5.91 Å². The molecule has 0 unspecified atom stereocenters. The fourth-order valence-electron chi connectivity index (χ4n) is 1.94. The first-order chi connectivity index (χ1) is 10.1. The molecule has 0 atom stereocenters. The van der Waals surface area contributed by atoms with Crippen LogP contribution in [0.3, 0.4) is 0 Å². The Balaban J connectivity index is 2.10. The molecule has 0 spiro atoms. The number of anilines is 1. The summed E-state index contributed by atoms with van der Waals surface area (Å²) in [5.41, 5.74) is 2.00. The van der Waals surface area contributed by atoms with Gasteiger partial charge in [0.2, 0.25) is 0 Å². The maximum absolute atomic E-state index is 12.1. The zero-order chi connectivity index (χ0) is 15.2. The van der Waals surface area contributed by atoms with E-state index in [1.807, 2.05) is 24.3 Å². The Morgan fingerprint density at radius 1 is 1.19 bits per heavy atom. The molecule has 0 saturated carbocycles. The van der Waals surface area contributed by atoms with Gasteiger partial charge in [-0.2, -0.15) is 0 Å². The number of pyridine rings is 1. The second-order valence-corrected chi connectivity index (χ2v) is 4.64. The molecule has 5 heteroatoms. The van der Waals surface area contributed by atoms with E-state index >= 15 is 0 Å². The second-order valence-electron chi connectivity index (χ2n) is 4.64. The Labute approximate surface area is 122 Å². The van der Waals surface area contributed by atoms with Gasteiger partial charge < -0.3 is 10.4 Å². The lowest BCUT2D eigenvalue weighted by atomic mass is 10.1. The fourth-order valence-corrected chi connectivity index (χ4v) is 1.94. The van der Waals surface area contributed by atoms with Crippen LogP contribution in [0.4, 0.5) is 5.69 Å². The largest absolute Gasteiger partial charge is 0.477 e. The number of amides is 1. The summed E-state index contributed by atoms with van der Waals surface area (Å²) in [4.78, 5) is 26.6. The monoisotopic (exact) mass is 284 g/mol. The van der Waals surface area contributed by atoms with Crippen LogP contribution in [-0.2, 0) is 6.42 Å². The summed E-state index contributed by atoms with van der Waals surface area (Å²) >= 11 is 0. The van der Waals surface area contributed by atoms with Crippen molar-refractivity contribution in [3.63, 3.8) is 0 Å². The number of nitrogens with zero attached hydrogens (tertiary/aromatic N) is 1. The number of aromatic carboxylic acids is 1. The minimum absolute atomic E-state index is 0.152. The van der Waals surface area contributed by atoms with E-state index in [9.17, 15) is 9.59 Å². The number of aryl methyl sites for hydroxylation is 1. The molecule has 1 aromatic carbocycles. The van der Waals surface area contributed by atoms with Crippen LogP contribution in [-0.4, -0.2) is 22.0 Å². The minimum atomic E-state index is -1.16. The first kappa shape index (κ1) is 14.7. The lowest BCUT2D eigenvalue weighted by Gasteiger charge is -2.06. The first-order valence-electron chi connectivity index (χ1n) is 6.70. The highest BCUT2D eigenvalue weighted by atomic mass is 16.4. The average Bonchev–Trinajstić information content (AvgIpc) is 2.49. The summed E-state index contributed by atoms with van der Waals surface area (Å²) in [6, 6.07) is 10.3. The number of rotatable bonds is 5. The number of hydrogen-bond acceptors (Lipinski definition) is 3. The summed E-state index contributed by atoms with van der Waals surface area (Å²) in [7, 11) is 0. The molecule has 1 aromatic heterocycles. The summed E-state index contributed by atoms with van der Waals surface area (Å²) in [6.45, 7) is 2.11. The number of carbonyl (C=O) groups is 2. The van der Waals surface area contributed by atoms with Crippen molar-refractivity contribution in [3.05, 3.63) is 59.4 Å². The average molecular weight is 284 g/mol. The van der Waals surface area contributed by atoms with Gasteiger partial charge in [-0.05, 0) is 36.2 Å². The van der Waals surface area contributed by atoms with Crippen molar-refractivity contribution in [1.82, 2.24) is 4.98 Å². The maximum atomic E-state index is 12.1. The molecule has 2 aromatic rings. The van der Waals surface area contributed by atoms with Crippen LogP contribution in [0.2, 0.25) is 0 Å². The van der Waals surface area contributed by atoms with Crippen LogP contribution in [0.15, 0.2) is 42.6 Å². The second kappa shape index (κ2) is 6.65. The summed E-state index contributed by atoms with van der Waals surface area (Å²) < 4.78 is 0. The molecule has 1 amide bonds. The third-order valence-electron chi connectivity index (χ3n) is 2.99. The number of hydrogen-bond donors (Lipinski definition) is 2. The van der Waals surface area contributed by atoms with Crippen LogP contribution >= 0.6 is 0 Å². The van der Waals surface area contributed by atoms with E-state index in [0.29, 0.717) is 5.69 Å². The van der Waals surface area contributed by atoms with Crippen molar-refractivity contribution in [2.45, 2.75) is 19.8 Å². The van der Waals surface area contributed by atoms with Gasteiger partial charge in [0.05, 0.1) is 0 Å². The van der Waals surface area contributed by atoms with Gasteiger partial charge in [0.15, 0.2) is 0 Å². The van der Waals surface area contributed by atoms with Crippen molar-refractivity contribution in [2.24, 2.45) is 0 Å². The van der Waals surface area contributed by atoms with Gasteiger partial charge in [0, 0.05) is 17.4 Å². The highest BCUT2D eigenvalue weighted by Crippen LogP contribution is 2.13. The first-order valence-corrected chi connectivity index (χ1v) is 6.70. The van der Waals surface area contributed by atoms with E-state index in [1.54, 1.807) is 0 Å². The molecule has 5 nitrogen and oxygen atoms in total. The van der Waals surface area contributed by atoms with Crippen LogP contribution in [0.25, 0.3) is 0 Å². The maximum Gasteiger partial charge on any atom is 0.354 e. The molecule has 1 heterocycles. The van der Waals surface area contributed by atoms with E-state index in [1.165, 1.54) is 23.9 Å². The molecular weight excluding hydrogens is 268 g/mol. The third-order valence-corrected chi connectivity index (χ3v) is 2.99. The molecule has 0 bridgehead atoms. The van der Waals surface area contributed by atoms with Crippen LogP contribution < -0.4 is 5.32 Å². The molecule has 0 aliphatic carbocycles. The molecule has 2 rings (SSSR count). The van der Waals surface area contributed by atoms with Crippen molar-refractivity contribution in [3.8, 4) is 0 Å². The number of carboxylic acids is 1. The number of carbonyl (C=O) groups excluding carboxylic acids is 1. The van der Waals surface area contributed by atoms with Gasteiger partial charge in [-0.25, -0.2) is 9.78 Å². The number of carboxylic acid groups (broad SMARTS) is 1. The molecule has 21 heavy (non-hydrogen) atoms. The van der Waals surface area contributed by atoms with Gasteiger partial charge in [-0.15, -0.1) is 0 Å². The predicted molar refractivity (Wildman–Crippen MR) is 79.6 cm³/mol. The molecule has 0 aliphatic rings. The summed E-state index contributed by atoms with van der Waals surface area (Å²) in [6.07, 6.45) is 3.38. The third kappa shape index (κ3) is 3.89. The van der Waals surface area contributed by atoms with Gasteiger partial charge in [0.1, 0.15) is 5.69 Å². The Bertz CT molecular complexity index is 651. The van der Waals surface area contributed by atoms with Crippen molar-refractivity contribution < 1.29 is 14.7 Å². The van der Waals surface area contributed by atoms with Crippen molar-refractivity contribution in [1.29, 1.82) is 0 Å². The summed E-state index contributed by atoms with van der Waals surface area (Å²) in [5, 5.41) is 11.6. The lowest BCUT2D eigenvalue weighted by molar-refractivity contribution is 0.0690. The summed E-state index contributed by atoms with van der Waals surface area (Å²) in [5.74, 6) is -1.52. The SMILES string of the molecule is CCCc1ccc(NC(=O)c2ccnc(C(=O)O)c2)cc1. The van der Waals surface area contributed by atoms with Crippen LogP contribution in [0.5, 0.6) is 0 Å². The Kier molecular flexibility index (Phi) is 4.66. The van der Waals surface area contributed by atoms with E-state index < -0.39 is 5.97 Å². The van der Waals surface area contributed by atoms with E-state index in [-0.39, 0.29) is 17.2 Å². The van der Waals surface area contributed by atoms with Crippen molar-refractivity contribution in [2.75, 3.05) is 5.32 Å². The topological polar surface area (TPSA) is 79.3 Å². The van der Waals surface area contributed by atoms with E-state index in [0.717, 1.165) is 12.8 Å². The highest BCUT2D eigenvalue weighted by molar-refractivity contribution is 6.05. The van der Waals surface area contributed by atoms with Gasteiger partial charge in [-0.3, -0.25) is 4.79 Å². The van der Waals surface area contributed by atoms with Gasteiger partial charge in [-0.1, -0.05) is 25.5 Å². The van der Waals surface area contributed by atoms with Crippen LogP contribution in [0.1, 0.15) is 39.8 Å². The molecular formula is C16H16N2O3. The van der Waals surface area contributed by atoms with Crippen molar-refractivity contribution >= 4 is 17.6 Å². The van der Waals surface area contributed by atoms with E-state index in [2.05, 4.69) is 17.2 Å². The molecule has 0 fully saturated rings. The standard InChI is InChI=1S/C16H16N2O3/c1-2-3-11-4-6-13(7-5-11)18-15(19)12-8-9-17-14(10-12)16(20)21/h4-10H,2-3H2,1H3,(H,18,19)(H,20,21). The molecule has 2 N–H and O–H groups in total. The van der Waals surface area contributed by atoms with E-state index in [4.69, 9.17) is 5.11 Å². The molecule has 108 valence electrons. The number of benzene rings is 1. The predicted octanol–water partition coefficient (Wildman–Crippen LogP) is 2.98. The molecule has 0 saturated heterocycles. The number of aromatic nitrogens is 1. The Hall–Kier alpha value is -2.69. The quantitative estimate of drug-likeness (QED) is 0.884. The molecule has 0 radical (unpaired) electrons. The normalized spacial score (nSPS) is 10.1. The molecule has 0 aliphatic heterocycles. The van der Waals surface area contributed by atoms with Gasteiger partial charge >= 0.3 is 5.97 Å².